The minimum atomic E-state index is -0.549. The lowest BCUT2D eigenvalue weighted by Crippen LogP contribution is -2.45. The van der Waals surface area contributed by atoms with Crippen LogP contribution in [-0.4, -0.2) is 24.7 Å². The van der Waals surface area contributed by atoms with E-state index in [0.29, 0.717) is 18.6 Å². The van der Waals surface area contributed by atoms with Gasteiger partial charge in [-0.3, -0.25) is 4.79 Å². The van der Waals surface area contributed by atoms with Crippen molar-refractivity contribution in [2.75, 3.05) is 7.11 Å². The van der Waals surface area contributed by atoms with Gasteiger partial charge in [-0.1, -0.05) is 25.1 Å². The Hall–Kier alpha value is -2.69. The average molecular weight is 369 g/mol. The normalized spacial score (nSPS) is 18.6. The van der Waals surface area contributed by atoms with Crippen LogP contribution in [-0.2, 0) is 4.79 Å². The Balaban J connectivity index is 1.80. The summed E-state index contributed by atoms with van der Waals surface area (Å²) in [6.07, 6.45) is 0.700. The van der Waals surface area contributed by atoms with E-state index in [0.717, 1.165) is 17.1 Å². The highest BCUT2D eigenvalue weighted by Crippen LogP contribution is 2.41. The summed E-state index contributed by atoms with van der Waals surface area (Å²) in [6, 6.07) is 14.9. The lowest BCUT2D eigenvalue weighted by molar-refractivity contribution is -0.129. The Labute approximate surface area is 160 Å². The fraction of sp³-hybridized carbons (Fsp3) is 0.409. The van der Waals surface area contributed by atoms with Crippen molar-refractivity contribution < 1.29 is 19.0 Å². The van der Waals surface area contributed by atoms with Crippen LogP contribution in [0.4, 0.5) is 0 Å². The molecule has 0 aliphatic carbocycles. The van der Waals surface area contributed by atoms with E-state index >= 15 is 0 Å². The van der Waals surface area contributed by atoms with Gasteiger partial charge in [-0.05, 0) is 50.6 Å². The monoisotopic (exact) mass is 369 g/mol. The number of fused-ring (bicyclic) bond motifs is 1. The van der Waals surface area contributed by atoms with Gasteiger partial charge in [-0.25, -0.2) is 0 Å². The average Bonchev–Trinajstić information content (AvgIpc) is 2.65. The number of amides is 1. The molecule has 0 fully saturated rings. The number of rotatable bonds is 6. The van der Waals surface area contributed by atoms with E-state index in [1.54, 1.807) is 7.11 Å². The van der Waals surface area contributed by atoms with E-state index < -0.39 is 6.10 Å². The van der Waals surface area contributed by atoms with Crippen molar-refractivity contribution in [1.29, 1.82) is 0 Å². The van der Waals surface area contributed by atoms with Crippen molar-refractivity contribution in [2.24, 2.45) is 0 Å². The highest BCUT2D eigenvalue weighted by molar-refractivity contribution is 5.81. The molecular formula is C22H27NO4. The van der Waals surface area contributed by atoms with E-state index in [1.165, 1.54) is 0 Å². The zero-order chi connectivity index (χ0) is 19.4. The van der Waals surface area contributed by atoms with Gasteiger partial charge in [0.2, 0.25) is 0 Å². The molecule has 0 saturated heterocycles. The van der Waals surface area contributed by atoms with Crippen LogP contribution in [0, 0.1) is 0 Å². The van der Waals surface area contributed by atoms with Crippen LogP contribution in [0.2, 0.25) is 0 Å². The Morgan fingerprint density at radius 2 is 1.96 bits per heavy atom. The predicted octanol–water partition coefficient (Wildman–Crippen LogP) is 4.27. The molecule has 3 rings (SSSR count). The van der Waals surface area contributed by atoms with Gasteiger partial charge < -0.3 is 19.5 Å². The number of benzene rings is 2. The molecule has 5 nitrogen and oxygen atoms in total. The van der Waals surface area contributed by atoms with Crippen molar-refractivity contribution in [1.82, 2.24) is 5.32 Å². The van der Waals surface area contributed by atoms with Crippen molar-refractivity contribution in [2.45, 2.75) is 51.4 Å². The molecule has 1 heterocycles. The van der Waals surface area contributed by atoms with Gasteiger partial charge in [-0.15, -0.1) is 0 Å². The molecular weight excluding hydrogens is 342 g/mol. The summed E-state index contributed by atoms with van der Waals surface area (Å²) in [4.78, 5) is 12.9. The predicted molar refractivity (Wildman–Crippen MR) is 104 cm³/mol. The molecule has 27 heavy (non-hydrogen) atoms. The molecule has 1 aliphatic rings. The van der Waals surface area contributed by atoms with Gasteiger partial charge in [-0.2, -0.15) is 0 Å². The van der Waals surface area contributed by atoms with Crippen LogP contribution in [0.3, 0.4) is 0 Å². The molecule has 0 radical (unpaired) electrons. The highest BCUT2D eigenvalue weighted by atomic mass is 16.5. The molecule has 1 aliphatic heterocycles. The van der Waals surface area contributed by atoms with Crippen LogP contribution in [0.25, 0.3) is 0 Å². The quantitative estimate of drug-likeness (QED) is 0.826. The molecule has 144 valence electrons. The molecule has 1 N–H and O–H groups in total. The number of para-hydroxylation sites is 1. The molecule has 1 amide bonds. The number of hydrogen-bond donors (Lipinski definition) is 1. The highest BCUT2D eigenvalue weighted by Gasteiger charge is 2.36. The van der Waals surface area contributed by atoms with Crippen LogP contribution >= 0.6 is 0 Å². The molecule has 0 bridgehead atoms. The van der Waals surface area contributed by atoms with Gasteiger partial charge in [0.05, 0.1) is 13.2 Å². The third-order valence-electron chi connectivity index (χ3n) is 4.68. The number of carbonyl (C=O) groups is 1. The largest absolute Gasteiger partial charge is 0.497 e. The molecule has 5 heteroatoms. The van der Waals surface area contributed by atoms with Gasteiger partial charge in [0.1, 0.15) is 22.8 Å². The minimum absolute atomic E-state index is 0.127. The van der Waals surface area contributed by atoms with Crippen molar-refractivity contribution >= 4 is 5.91 Å². The van der Waals surface area contributed by atoms with E-state index in [1.807, 2.05) is 69.3 Å². The lowest BCUT2D eigenvalue weighted by atomic mass is 9.89. The Morgan fingerprint density at radius 3 is 2.63 bits per heavy atom. The summed E-state index contributed by atoms with van der Waals surface area (Å²) in [6.45, 7) is 5.99. The maximum absolute atomic E-state index is 12.9. The van der Waals surface area contributed by atoms with Crippen LogP contribution < -0.4 is 19.5 Å². The first-order chi connectivity index (χ1) is 12.9. The SMILES string of the molecule is CC[C@@H](Oc1ccccc1)C(=O)N[C@H]1CC(C)(C)Oc2ccc(OC)cc21. The fourth-order valence-corrected chi connectivity index (χ4v) is 3.34. The van der Waals surface area contributed by atoms with Gasteiger partial charge in [0.15, 0.2) is 6.10 Å². The molecule has 0 saturated carbocycles. The van der Waals surface area contributed by atoms with E-state index in [-0.39, 0.29) is 17.6 Å². The van der Waals surface area contributed by atoms with Gasteiger partial charge >= 0.3 is 0 Å². The Kier molecular flexibility index (Phi) is 5.59. The Bertz CT molecular complexity index is 788. The zero-order valence-electron chi connectivity index (χ0n) is 16.3. The van der Waals surface area contributed by atoms with E-state index in [4.69, 9.17) is 14.2 Å². The number of methoxy groups -OCH3 is 1. The van der Waals surface area contributed by atoms with Crippen LogP contribution in [0.1, 0.15) is 45.2 Å². The van der Waals surface area contributed by atoms with Crippen molar-refractivity contribution in [3.05, 3.63) is 54.1 Å². The summed E-state index contributed by atoms with van der Waals surface area (Å²) in [5.74, 6) is 2.07. The number of ether oxygens (including phenoxy) is 3. The Morgan fingerprint density at radius 1 is 1.22 bits per heavy atom. The first-order valence-corrected chi connectivity index (χ1v) is 9.31. The first-order valence-electron chi connectivity index (χ1n) is 9.31. The molecule has 0 spiro atoms. The standard InChI is InChI=1S/C22H27NO4/c1-5-19(26-15-9-7-6-8-10-15)21(24)23-18-14-22(2,3)27-20-12-11-16(25-4)13-17(18)20/h6-13,18-19H,5,14H2,1-4H3,(H,23,24)/t18-,19+/m0/s1. The topological polar surface area (TPSA) is 56.8 Å². The molecule has 2 atom stereocenters. The summed E-state index contributed by atoms with van der Waals surface area (Å²) < 4.78 is 17.3. The zero-order valence-corrected chi connectivity index (χ0v) is 16.3. The fourth-order valence-electron chi connectivity index (χ4n) is 3.34. The number of carbonyl (C=O) groups excluding carboxylic acids is 1. The summed E-state index contributed by atoms with van der Waals surface area (Å²) in [5.41, 5.74) is 0.554. The van der Waals surface area contributed by atoms with Crippen LogP contribution in [0.5, 0.6) is 17.2 Å². The maximum atomic E-state index is 12.9. The van der Waals surface area contributed by atoms with Gasteiger partial charge in [0, 0.05) is 12.0 Å². The van der Waals surface area contributed by atoms with Gasteiger partial charge in [0.25, 0.3) is 5.91 Å². The van der Waals surface area contributed by atoms with Crippen molar-refractivity contribution in [3.8, 4) is 17.2 Å². The van der Waals surface area contributed by atoms with E-state index in [2.05, 4.69) is 5.32 Å². The minimum Gasteiger partial charge on any atom is -0.497 e. The number of nitrogens with one attached hydrogen (secondary N) is 1. The van der Waals surface area contributed by atoms with Crippen LogP contribution in [0.15, 0.2) is 48.5 Å². The third kappa shape index (κ3) is 4.54. The van der Waals surface area contributed by atoms with Crippen molar-refractivity contribution in [3.63, 3.8) is 0 Å². The first kappa shape index (κ1) is 19.1. The third-order valence-corrected chi connectivity index (χ3v) is 4.68. The molecule has 2 aromatic rings. The smallest absolute Gasteiger partial charge is 0.261 e. The second kappa shape index (κ2) is 7.91. The summed E-state index contributed by atoms with van der Waals surface area (Å²) in [5, 5.41) is 3.15. The summed E-state index contributed by atoms with van der Waals surface area (Å²) in [7, 11) is 1.63. The summed E-state index contributed by atoms with van der Waals surface area (Å²) >= 11 is 0. The maximum Gasteiger partial charge on any atom is 0.261 e. The van der Waals surface area contributed by atoms with E-state index in [9.17, 15) is 4.79 Å². The molecule has 0 unspecified atom stereocenters. The second-order valence-electron chi connectivity index (χ2n) is 7.36. The number of hydrogen-bond acceptors (Lipinski definition) is 4. The molecule has 2 aromatic carbocycles. The molecule has 0 aromatic heterocycles. The second-order valence-corrected chi connectivity index (χ2v) is 7.36. The lowest BCUT2D eigenvalue weighted by Gasteiger charge is -2.38.